The van der Waals surface area contributed by atoms with Crippen molar-refractivity contribution >= 4 is 11.9 Å². The fourth-order valence-electron chi connectivity index (χ4n) is 5.10. The molecule has 0 fully saturated rings. The Morgan fingerprint density at radius 1 is 0.667 bits per heavy atom. The highest BCUT2D eigenvalue weighted by molar-refractivity contribution is 5.69. The third kappa shape index (κ3) is 29.8. The lowest BCUT2D eigenvalue weighted by molar-refractivity contribution is -0.143. The number of carbonyl (C=O) groups excluding carboxylic acids is 2. The van der Waals surface area contributed by atoms with Crippen molar-refractivity contribution < 1.29 is 19.1 Å². The minimum atomic E-state index is -0.0778. The molecule has 0 rings (SSSR count). The summed E-state index contributed by atoms with van der Waals surface area (Å²) in [5.41, 5.74) is 0. The molecule has 0 aromatic heterocycles. The lowest BCUT2D eigenvalue weighted by Crippen LogP contribution is -2.31. The van der Waals surface area contributed by atoms with Crippen LogP contribution in [0.25, 0.3) is 0 Å². The van der Waals surface area contributed by atoms with Gasteiger partial charge in [-0.15, -0.1) is 0 Å². The Bertz CT molecular complexity index is 617. The maximum atomic E-state index is 12.0. The van der Waals surface area contributed by atoms with Crippen LogP contribution in [0.1, 0.15) is 142 Å². The highest BCUT2D eigenvalue weighted by Crippen LogP contribution is 2.20. The molecule has 0 atom stereocenters. The summed E-state index contributed by atoms with van der Waals surface area (Å²) in [6.07, 6.45) is 30.1. The third-order valence-electron chi connectivity index (χ3n) is 7.76. The number of rotatable bonds is 31. The second-order valence-corrected chi connectivity index (χ2v) is 11.9. The molecule has 0 spiro atoms. The third-order valence-corrected chi connectivity index (χ3v) is 7.76. The Morgan fingerprint density at radius 3 is 1.60 bits per heavy atom. The molecule has 1 N–H and O–H groups in total. The first-order valence-electron chi connectivity index (χ1n) is 17.5. The Kier molecular flexibility index (Phi) is 31.0. The van der Waals surface area contributed by atoms with Gasteiger partial charge in [-0.05, 0) is 71.4 Å². The van der Waals surface area contributed by atoms with E-state index in [0.29, 0.717) is 32.0 Å². The normalized spacial score (nSPS) is 11.9. The van der Waals surface area contributed by atoms with Crippen LogP contribution in [0.5, 0.6) is 0 Å². The second-order valence-electron chi connectivity index (χ2n) is 11.9. The summed E-state index contributed by atoms with van der Waals surface area (Å²) >= 11 is 0. The molecule has 6 heteroatoms. The van der Waals surface area contributed by atoms with Crippen LogP contribution in [0.3, 0.4) is 0 Å². The van der Waals surface area contributed by atoms with Crippen LogP contribution in [0.15, 0.2) is 24.3 Å². The molecule has 0 aromatic carbocycles. The van der Waals surface area contributed by atoms with E-state index in [9.17, 15) is 9.59 Å². The van der Waals surface area contributed by atoms with Gasteiger partial charge in [0.25, 0.3) is 0 Å². The Labute approximate surface area is 260 Å². The largest absolute Gasteiger partial charge is 0.461 e. The van der Waals surface area contributed by atoms with E-state index in [1.54, 1.807) is 0 Å². The van der Waals surface area contributed by atoms with Gasteiger partial charge in [-0.3, -0.25) is 9.59 Å². The number of unbranched alkanes of at least 4 members (excludes halogenated alkanes) is 12. The van der Waals surface area contributed by atoms with Gasteiger partial charge in [0.05, 0.1) is 0 Å². The molecule has 0 aliphatic carbocycles. The summed E-state index contributed by atoms with van der Waals surface area (Å²) in [4.78, 5) is 26.5. The molecule has 0 amide bonds. The van der Waals surface area contributed by atoms with Crippen LogP contribution in [-0.2, 0) is 19.1 Å². The SMILES string of the molecule is CCCCCC/C=C/COC(=O)CCCCCC(CCCCCC(=O)OC/C=C/CCCCCC)CN(C)CCNC. The minimum absolute atomic E-state index is 0.0778. The summed E-state index contributed by atoms with van der Waals surface area (Å²) in [6, 6.07) is 0. The molecule has 42 heavy (non-hydrogen) atoms. The molecule has 0 aliphatic rings. The molecule has 0 bridgehead atoms. The molecular weight excluding hydrogens is 524 g/mol. The van der Waals surface area contributed by atoms with E-state index in [4.69, 9.17) is 9.47 Å². The van der Waals surface area contributed by atoms with Crippen molar-refractivity contribution in [3.8, 4) is 0 Å². The van der Waals surface area contributed by atoms with Gasteiger partial charge >= 0.3 is 11.9 Å². The lowest BCUT2D eigenvalue weighted by atomic mass is 9.94. The topological polar surface area (TPSA) is 67.9 Å². The van der Waals surface area contributed by atoms with E-state index in [1.165, 1.54) is 64.2 Å². The summed E-state index contributed by atoms with van der Waals surface area (Å²) < 4.78 is 10.7. The monoisotopic (exact) mass is 593 g/mol. The zero-order valence-corrected chi connectivity index (χ0v) is 28.1. The average Bonchev–Trinajstić information content (AvgIpc) is 2.98. The number of hydrogen-bond acceptors (Lipinski definition) is 6. The van der Waals surface area contributed by atoms with E-state index in [1.807, 2.05) is 19.2 Å². The molecule has 0 saturated heterocycles. The number of nitrogens with one attached hydrogen (secondary N) is 1. The fourth-order valence-corrected chi connectivity index (χ4v) is 5.10. The number of allylic oxidation sites excluding steroid dienone is 2. The van der Waals surface area contributed by atoms with Crippen LogP contribution < -0.4 is 5.32 Å². The lowest BCUT2D eigenvalue weighted by Gasteiger charge is -2.24. The van der Waals surface area contributed by atoms with Crippen LogP contribution in [0.2, 0.25) is 0 Å². The van der Waals surface area contributed by atoms with Gasteiger partial charge < -0.3 is 19.7 Å². The van der Waals surface area contributed by atoms with E-state index in [0.717, 1.165) is 71.0 Å². The van der Waals surface area contributed by atoms with Crippen molar-refractivity contribution in [1.29, 1.82) is 0 Å². The fraction of sp³-hybridized carbons (Fsp3) is 0.833. The van der Waals surface area contributed by atoms with E-state index >= 15 is 0 Å². The standard InChI is InChI=1S/C36H68N2O4/c1-5-7-9-11-13-15-23-31-41-35(39)27-21-17-19-25-34(33-38(4)30-29-37-3)26-20-18-22-28-36(40)42-32-24-16-14-12-10-8-6-2/h15-16,23-24,34,37H,5-14,17-22,25-33H2,1-4H3/b23-15+,24-16+. The first kappa shape index (κ1) is 40.3. The van der Waals surface area contributed by atoms with Gasteiger partial charge in [0.2, 0.25) is 0 Å². The molecule has 0 aliphatic heterocycles. The maximum Gasteiger partial charge on any atom is 0.306 e. The van der Waals surface area contributed by atoms with Gasteiger partial charge in [-0.25, -0.2) is 0 Å². The first-order valence-corrected chi connectivity index (χ1v) is 17.5. The first-order chi connectivity index (χ1) is 20.5. The van der Waals surface area contributed by atoms with Crippen LogP contribution in [0, 0.1) is 5.92 Å². The Balaban J connectivity index is 4.08. The van der Waals surface area contributed by atoms with E-state index in [2.05, 4.69) is 43.3 Å². The number of ether oxygens (including phenoxy) is 2. The zero-order valence-electron chi connectivity index (χ0n) is 28.1. The smallest absolute Gasteiger partial charge is 0.306 e. The summed E-state index contributed by atoms with van der Waals surface area (Å²) in [7, 11) is 4.20. The average molecular weight is 593 g/mol. The van der Waals surface area contributed by atoms with Gasteiger partial charge in [0, 0.05) is 32.5 Å². The summed E-state index contributed by atoms with van der Waals surface area (Å²) in [5, 5.41) is 3.24. The summed E-state index contributed by atoms with van der Waals surface area (Å²) in [6.45, 7) is 8.39. The zero-order chi connectivity index (χ0) is 30.9. The maximum absolute atomic E-state index is 12.0. The van der Waals surface area contributed by atoms with Crippen molar-refractivity contribution in [3.63, 3.8) is 0 Å². The van der Waals surface area contributed by atoms with Crippen molar-refractivity contribution in [3.05, 3.63) is 24.3 Å². The van der Waals surface area contributed by atoms with E-state index in [-0.39, 0.29) is 11.9 Å². The molecular formula is C36H68N2O4. The Hall–Kier alpha value is -1.66. The molecule has 0 saturated carbocycles. The van der Waals surface area contributed by atoms with Crippen molar-refractivity contribution in [2.75, 3.05) is 46.9 Å². The molecule has 0 aromatic rings. The van der Waals surface area contributed by atoms with Gasteiger partial charge in [0.1, 0.15) is 13.2 Å². The van der Waals surface area contributed by atoms with Crippen molar-refractivity contribution in [2.45, 2.75) is 142 Å². The van der Waals surface area contributed by atoms with Crippen molar-refractivity contribution in [1.82, 2.24) is 10.2 Å². The summed E-state index contributed by atoms with van der Waals surface area (Å²) in [5.74, 6) is 0.493. The van der Waals surface area contributed by atoms with Gasteiger partial charge in [-0.1, -0.05) is 102 Å². The highest BCUT2D eigenvalue weighted by Gasteiger charge is 2.12. The number of nitrogens with zero attached hydrogens (tertiary/aromatic N) is 1. The minimum Gasteiger partial charge on any atom is -0.461 e. The molecule has 0 radical (unpaired) electrons. The molecule has 246 valence electrons. The predicted molar refractivity (Wildman–Crippen MR) is 179 cm³/mol. The predicted octanol–water partition coefficient (Wildman–Crippen LogP) is 8.79. The van der Waals surface area contributed by atoms with Crippen LogP contribution in [0.4, 0.5) is 0 Å². The number of esters is 2. The number of carbonyl (C=O) groups is 2. The molecule has 0 unspecified atom stereocenters. The van der Waals surface area contributed by atoms with Crippen molar-refractivity contribution in [2.24, 2.45) is 5.92 Å². The second kappa shape index (κ2) is 32.3. The van der Waals surface area contributed by atoms with Gasteiger partial charge in [-0.2, -0.15) is 0 Å². The van der Waals surface area contributed by atoms with Gasteiger partial charge in [0.15, 0.2) is 0 Å². The van der Waals surface area contributed by atoms with Crippen LogP contribution >= 0.6 is 0 Å². The Morgan fingerprint density at radius 2 is 1.14 bits per heavy atom. The number of hydrogen-bond donors (Lipinski definition) is 1. The highest BCUT2D eigenvalue weighted by atomic mass is 16.5. The van der Waals surface area contributed by atoms with E-state index < -0.39 is 0 Å². The van der Waals surface area contributed by atoms with Crippen LogP contribution in [-0.4, -0.2) is 63.8 Å². The quantitative estimate of drug-likeness (QED) is 0.0493. The molecule has 6 nitrogen and oxygen atoms in total. The molecule has 0 heterocycles. The number of likely N-dealkylation sites (N-methyl/N-ethyl adjacent to an activating group) is 2.